The van der Waals surface area contributed by atoms with Gasteiger partial charge in [-0.15, -0.1) is 0 Å². The average molecular weight is 198 g/mol. The van der Waals surface area contributed by atoms with Crippen LogP contribution in [0.15, 0.2) is 10.5 Å². The maximum Gasteiger partial charge on any atom is 0.268 e. The molecule has 78 valence electrons. The molecule has 1 aromatic heterocycles. The Balaban J connectivity index is 2.77. The summed E-state index contributed by atoms with van der Waals surface area (Å²) in [5.74, 6) is 5.83. The predicted octanol–water partition coefficient (Wildman–Crippen LogP) is 0.728. The molecule has 0 bridgehead atoms. The van der Waals surface area contributed by atoms with Gasteiger partial charge in [-0.05, 0) is 19.9 Å². The Hall–Kier alpha value is -1.33. The van der Waals surface area contributed by atoms with E-state index >= 15 is 0 Å². The Morgan fingerprint density at radius 1 is 1.71 bits per heavy atom. The third-order valence-electron chi connectivity index (χ3n) is 1.79. The van der Waals surface area contributed by atoms with Crippen LogP contribution in [0.4, 0.5) is 0 Å². The monoisotopic (exact) mass is 198 g/mol. The van der Waals surface area contributed by atoms with Crippen LogP contribution in [0, 0.1) is 6.92 Å². The molecule has 0 aliphatic heterocycles. The minimum Gasteiger partial charge on any atom is -0.463 e. The van der Waals surface area contributed by atoms with Gasteiger partial charge in [0.1, 0.15) is 18.1 Å². The van der Waals surface area contributed by atoms with E-state index in [1.807, 2.05) is 6.92 Å². The van der Waals surface area contributed by atoms with Crippen LogP contribution in [0.2, 0.25) is 0 Å². The van der Waals surface area contributed by atoms with Crippen LogP contribution in [0.1, 0.15) is 28.8 Å². The second-order valence-corrected chi connectivity index (χ2v) is 2.79. The number of rotatable bonds is 4. The summed E-state index contributed by atoms with van der Waals surface area (Å²) in [6.07, 6.45) is 0. The molecule has 0 unspecified atom stereocenters. The van der Waals surface area contributed by atoms with E-state index in [0.29, 0.717) is 30.3 Å². The highest BCUT2D eigenvalue weighted by atomic mass is 16.5. The van der Waals surface area contributed by atoms with Crippen LogP contribution in [-0.4, -0.2) is 12.5 Å². The number of nitrogens with one attached hydrogen (secondary N) is 1. The standard InChI is InChI=1S/C9H14N2O3/c1-3-13-5-7-4-8(6(2)14-7)9(12)11-10/h4H,3,5,10H2,1-2H3,(H,11,12). The van der Waals surface area contributed by atoms with Gasteiger partial charge >= 0.3 is 0 Å². The zero-order valence-electron chi connectivity index (χ0n) is 8.29. The summed E-state index contributed by atoms with van der Waals surface area (Å²) in [4.78, 5) is 11.2. The first-order valence-electron chi connectivity index (χ1n) is 4.37. The molecule has 5 heteroatoms. The lowest BCUT2D eigenvalue weighted by Gasteiger charge is -1.94. The van der Waals surface area contributed by atoms with Crippen molar-refractivity contribution >= 4 is 5.91 Å². The summed E-state index contributed by atoms with van der Waals surface area (Å²) in [5, 5.41) is 0. The van der Waals surface area contributed by atoms with E-state index in [1.165, 1.54) is 0 Å². The van der Waals surface area contributed by atoms with Crippen molar-refractivity contribution in [2.75, 3.05) is 6.61 Å². The molecule has 5 nitrogen and oxygen atoms in total. The lowest BCUT2D eigenvalue weighted by Crippen LogP contribution is -2.30. The van der Waals surface area contributed by atoms with Gasteiger partial charge in [-0.2, -0.15) is 0 Å². The summed E-state index contributed by atoms with van der Waals surface area (Å²) >= 11 is 0. The van der Waals surface area contributed by atoms with Gasteiger partial charge in [0.2, 0.25) is 0 Å². The molecule has 1 rings (SSSR count). The molecule has 0 atom stereocenters. The quantitative estimate of drug-likeness (QED) is 0.424. The third-order valence-corrected chi connectivity index (χ3v) is 1.79. The number of aryl methyl sites for hydroxylation is 1. The second kappa shape index (κ2) is 4.78. The molecule has 0 radical (unpaired) electrons. The lowest BCUT2D eigenvalue weighted by molar-refractivity contribution is 0.0952. The van der Waals surface area contributed by atoms with Gasteiger partial charge in [-0.3, -0.25) is 10.2 Å². The van der Waals surface area contributed by atoms with Gasteiger partial charge in [-0.1, -0.05) is 0 Å². The average Bonchev–Trinajstić information content (AvgIpc) is 2.55. The van der Waals surface area contributed by atoms with Crippen LogP contribution in [0.3, 0.4) is 0 Å². The first-order chi connectivity index (χ1) is 6.69. The SMILES string of the molecule is CCOCc1cc(C(=O)NN)c(C)o1. The van der Waals surface area contributed by atoms with Crippen molar-refractivity contribution in [2.24, 2.45) is 5.84 Å². The van der Waals surface area contributed by atoms with Crippen LogP contribution in [0.25, 0.3) is 0 Å². The minimum absolute atomic E-state index is 0.353. The summed E-state index contributed by atoms with van der Waals surface area (Å²) in [7, 11) is 0. The van der Waals surface area contributed by atoms with Crippen molar-refractivity contribution in [3.63, 3.8) is 0 Å². The normalized spacial score (nSPS) is 10.2. The number of nitrogens with two attached hydrogens (primary N) is 1. The minimum atomic E-state index is -0.353. The first-order valence-corrected chi connectivity index (χ1v) is 4.37. The van der Waals surface area contributed by atoms with E-state index in [1.54, 1.807) is 13.0 Å². The summed E-state index contributed by atoms with van der Waals surface area (Å²) in [5.41, 5.74) is 2.50. The molecule has 0 spiro atoms. The van der Waals surface area contributed by atoms with Crippen LogP contribution in [0.5, 0.6) is 0 Å². The van der Waals surface area contributed by atoms with E-state index in [-0.39, 0.29) is 5.91 Å². The van der Waals surface area contributed by atoms with E-state index in [2.05, 4.69) is 5.43 Å². The highest BCUT2D eigenvalue weighted by molar-refractivity contribution is 5.94. The lowest BCUT2D eigenvalue weighted by atomic mass is 10.2. The number of hydrazine groups is 1. The van der Waals surface area contributed by atoms with Crippen molar-refractivity contribution in [2.45, 2.75) is 20.5 Å². The maximum absolute atomic E-state index is 11.2. The van der Waals surface area contributed by atoms with Crippen molar-refractivity contribution in [3.8, 4) is 0 Å². The van der Waals surface area contributed by atoms with Crippen LogP contribution >= 0.6 is 0 Å². The zero-order chi connectivity index (χ0) is 10.6. The fourth-order valence-electron chi connectivity index (χ4n) is 1.12. The van der Waals surface area contributed by atoms with Gasteiger partial charge in [0, 0.05) is 6.61 Å². The van der Waals surface area contributed by atoms with E-state index in [0.717, 1.165) is 0 Å². The van der Waals surface area contributed by atoms with Gasteiger partial charge in [0.05, 0.1) is 5.56 Å². The molecular weight excluding hydrogens is 184 g/mol. The predicted molar refractivity (Wildman–Crippen MR) is 50.4 cm³/mol. The van der Waals surface area contributed by atoms with E-state index < -0.39 is 0 Å². The number of furan rings is 1. The number of carbonyl (C=O) groups excluding carboxylic acids is 1. The molecule has 0 saturated carbocycles. The number of amides is 1. The molecule has 0 saturated heterocycles. The Kier molecular flexibility index (Phi) is 3.67. The topological polar surface area (TPSA) is 77.5 Å². The first kappa shape index (κ1) is 10.7. The fourth-order valence-corrected chi connectivity index (χ4v) is 1.12. The summed E-state index contributed by atoms with van der Waals surface area (Å²) in [6, 6.07) is 1.63. The summed E-state index contributed by atoms with van der Waals surface area (Å²) < 4.78 is 10.4. The van der Waals surface area contributed by atoms with Gasteiger partial charge < -0.3 is 9.15 Å². The molecular formula is C9H14N2O3. The molecule has 0 fully saturated rings. The Bertz CT molecular complexity index is 320. The smallest absolute Gasteiger partial charge is 0.268 e. The zero-order valence-corrected chi connectivity index (χ0v) is 8.29. The number of carbonyl (C=O) groups is 1. The van der Waals surface area contributed by atoms with Crippen LogP contribution < -0.4 is 11.3 Å². The highest BCUT2D eigenvalue weighted by Gasteiger charge is 2.13. The van der Waals surface area contributed by atoms with E-state index in [9.17, 15) is 4.79 Å². The molecule has 3 N–H and O–H groups in total. The molecule has 0 aliphatic rings. The van der Waals surface area contributed by atoms with Gasteiger partial charge in [-0.25, -0.2) is 5.84 Å². The molecule has 14 heavy (non-hydrogen) atoms. The largest absolute Gasteiger partial charge is 0.463 e. The van der Waals surface area contributed by atoms with Crippen molar-refractivity contribution in [1.29, 1.82) is 0 Å². The summed E-state index contributed by atoms with van der Waals surface area (Å²) in [6.45, 7) is 4.58. The second-order valence-electron chi connectivity index (χ2n) is 2.79. The van der Waals surface area contributed by atoms with Crippen molar-refractivity contribution in [1.82, 2.24) is 5.43 Å². The highest BCUT2D eigenvalue weighted by Crippen LogP contribution is 2.15. The Morgan fingerprint density at radius 3 is 3.00 bits per heavy atom. The molecule has 0 aliphatic carbocycles. The molecule has 1 amide bonds. The number of ether oxygens (including phenoxy) is 1. The van der Waals surface area contributed by atoms with E-state index in [4.69, 9.17) is 15.0 Å². The number of nitrogen functional groups attached to an aromatic ring is 1. The van der Waals surface area contributed by atoms with Crippen molar-refractivity contribution in [3.05, 3.63) is 23.2 Å². The van der Waals surface area contributed by atoms with Crippen molar-refractivity contribution < 1.29 is 13.9 Å². The molecule has 1 heterocycles. The van der Waals surface area contributed by atoms with Gasteiger partial charge in [0.15, 0.2) is 0 Å². The Morgan fingerprint density at radius 2 is 2.43 bits per heavy atom. The fraction of sp³-hybridized carbons (Fsp3) is 0.444. The number of hydrogen-bond acceptors (Lipinski definition) is 4. The van der Waals surface area contributed by atoms with Gasteiger partial charge in [0.25, 0.3) is 5.91 Å². The number of hydrogen-bond donors (Lipinski definition) is 2. The third kappa shape index (κ3) is 2.34. The van der Waals surface area contributed by atoms with Crippen LogP contribution in [-0.2, 0) is 11.3 Å². The maximum atomic E-state index is 11.2. The Labute approximate surface area is 82.2 Å². The molecule has 0 aromatic carbocycles. The molecule has 1 aromatic rings.